The summed E-state index contributed by atoms with van der Waals surface area (Å²) in [4.78, 5) is 0.308. The quantitative estimate of drug-likeness (QED) is 0.769. The highest BCUT2D eigenvalue weighted by atomic mass is 79.9. The molecule has 7 heteroatoms. The molecule has 2 rings (SSSR count). The monoisotopic (exact) mass is 363 g/mol. The number of methoxy groups -OCH3 is 2. The van der Waals surface area contributed by atoms with E-state index in [1.807, 2.05) is 0 Å². The molecule has 5 nitrogen and oxygen atoms in total. The van der Waals surface area contributed by atoms with Crippen LogP contribution in [0.2, 0.25) is 0 Å². The number of piperidine rings is 1. The molecule has 1 saturated heterocycles. The van der Waals surface area contributed by atoms with Crippen molar-refractivity contribution in [2.24, 2.45) is 0 Å². The third kappa shape index (κ3) is 3.07. The molecule has 0 aromatic heterocycles. The van der Waals surface area contributed by atoms with Crippen LogP contribution in [-0.2, 0) is 19.5 Å². The van der Waals surface area contributed by atoms with E-state index in [2.05, 4.69) is 15.9 Å². The van der Waals surface area contributed by atoms with E-state index in [9.17, 15) is 8.42 Å². The predicted octanol–water partition coefficient (Wildman–Crippen LogP) is 2.22. The second-order valence-corrected chi connectivity index (χ2v) is 7.53. The molecule has 20 heavy (non-hydrogen) atoms. The zero-order valence-electron chi connectivity index (χ0n) is 11.5. The molecule has 0 atom stereocenters. The molecule has 0 unspecified atom stereocenters. The van der Waals surface area contributed by atoms with Crippen molar-refractivity contribution >= 4 is 26.0 Å². The molecule has 0 saturated carbocycles. The highest BCUT2D eigenvalue weighted by molar-refractivity contribution is 9.10. The average molecular weight is 364 g/mol. The number of benzene rings is 1. The van der Waals surface area contributed by atoms with Crippen LogP contribution in [0.3, 0.4) is 0 Å². The van der Waals surface area contributed by atoms with Crippen LogP contribution in [-0.4, -0.2) is 45.8 Å². The summed E-state index contributed by atoms with van der Waals surface area (Å²) in [5.41, 5.74) is 0. The lowest BCUT2D eigenvalue weighted by atomic mass is 10.1. The molecular weight excluding hydrogens is 346 g/mol. The predicted molar refractivity (Wildman–Crippen MR) is 78.9 cm³/mol. The van der Waals surface area contributed by atoms with Gasteiger partial charge < -0.3 is 9.47 Å². The fourth-order valence-corrected chi connectivity index (χ4v) is 4.02. The van der Waals surface area contributed by atoms with E-state index in [0.717, 1.165) is 4.47 Å². The first kappa shape index (κ1) is 15.9. The summed E-state index contributed by atoms with van der Waals surface area (Å²) in [6.07, 6.45) is 1.05. The van der Waals surface area contributed by atoms with Crippen molar-refractivity contribution in [2.45, 2.75) is 23.5 Å². The first-order valence-electron chi connectivity index (χ1n) is 6.29. The third-order valence-corrected chi connectivity index (χ3v) is 6.12. The van der Waals surface area contributed by atoms with Gasteiger partial charge in [-0.3, -0.25) is 0 Å². The molecule has 0 spiro atoms. The second kappa shape index (κ2) is 6.11. The summed E-state index contributed by atoms with van der Waals surface area (Å²) < 4.78 is 38.1. The Kier molecular flexibility index (Phi) is 4.86. The van der Waals surface area contributed by atoms with Gasteiger partial charge >= 0.3 is 0 Å². The highest BCUT2D eigenvalue weighted by Gasteiger charge is 2.38. The van der Waals surface area contributed by atoms with Crippen molar-refractivity contribution in [3.63, 3.8) is 0 Å². The van der Waals surface area contributed by atoms with Crippen molar-refractivity contribution in [3.8, 4) is 0 Å². The largest absolute Gasteiger partial charge is 0.353 e. The van der Waals surface area contributed by atoms with Gasteiger partial charge in [-0.2, -0.15) is 4.31 Å². The van der Waals surface area contributed by atoms with E-state index in [1.54, 1.807) is 38.5 Å². The molecule has 112 valence electrons. The zero-order valence-corrected chi connectivity index (χ0v) is 13.9. The maximum atomic E-state index is 12.5. The summed E-state index contributed by atoms with van der Waals surface area (Å²) in [7, 11) is -0.273. The molecule has 0 N–H and O–H groups in total. The minimum Gasteiger partial charge on any atom is -0.353 e. The molecular formula is C13H18BrNO4S. The maximum absolute atomic E-state index is 12.5. The SMILES string of the molecule is COC1(OC)CCN(S(=O)(=O)c2ccc(Br)cc2)CC1. The van der Waals surface area contributed by atoms with Crippen LogP contribution in [0.5, 0.6) is 0 Å². The summed E-state index contributed by atoms with van der Waals surface area (Å²) in [5.74, 6) is -0.661. The van der Waals surface area contributed by atoms with E-state index in [1.165, 1.54) is 4.31 Å². The smallest absolute Gasteiger partial charge is 0.243 e. The van der Waals surface area contributed by atoms with Crippen molar-refractivity contribution in [1.82, 2.24) is 4.31 Å². The number of nitrogens with zero attached hydrogens (tertiary/aromatic N) is 1. The van der Waals surface area contributed by atoms with Gasteiger partial charge in [-0.05, 0) is 24.3 Å². The van der Waals surface area contributed by atoms with Gasteiger partial charge in [-0.25, -0.2) is 8.42 Å². The van der Waals surface area contributed by atoms with Crippen LogP contribution < -0.4 is 0 Å². The molecule has 0 aliphatic carbocycles. The van der Waals surface area contributed by atoms with Crippen molar-refractivity contribution < 1.29 is 17.9 Å². The standard InChI is InChI=1S/C13H18BrNO4S/c1-18-13(19-2)7-9-15(10-8-13)20(16,17)12-5-3-11(14)4-6-12/h3-6H,7-10H2,1-2H3. The first-order valence-corrected chi connectivity index (χ1v) is 8.53. The van der Waals surface area contributed by atoms with E-state index >= 15 is 0 Å². The molecule has 1 aromatic rings. The Labute approximate surface area is 128 Å². The molecule has 0 radical (unpaired) electrons. The van der Waals surface area contributed by atoms with Gasteiger partial charge in [-0.15, -0.1) is 0 Å². The Hall–Kier alpha value is -0.470. The van der Waals surface area contributed by atoms with Gasteiger partial charge in [0.25, 0.3) is 0 Å². The second-order valence-electron chi connectivity index (χ2n) is 4.68. The lowest BCUT2D eigenvalue weighted by molar-refractivity contribution is -0.224. The molecule has 1 aliphatic heterocycles. The number of halogens is 1. The number of hydrogen-bond acceptors (Lipinski definition) is 4. The number of rotatable bonds is 4. The van der Waals surface area contributed by atoms with E-state index in [4.69, 9.17) is 9.47 Å². The molecule has 1 aromatic carbocycles. The number of sulfonamides is 1. The molecule has 1 heterocycles. The molecule has 0 amide bonds. The minimum absolute atomic E-state index is 0.308. The Morgan fingerprint density at radius 2 is 1.60 bits per heavy atom. The van der Waals surface area contributed by atoms with Crippen LogP contribution >= 0.6 is 15.9 Å². The molecule has 0 bridgehead atoms. The third-order valence-electron chi connectivity index (χ3n) is 3.68. The van der Waals surface area contributed by atoms with E-state index in [0.29, 0.717) is 30.8 Å². The fraction of sp³-hybridized carbons (Fsp3) is 0.538. The van der Waals surface area contributed by atoms with Crippen molar-refractivity contribution in [2.75, 3.05) is 27.3 Å². The Morgan fingerprint density at radius 3 is 2.05 bits per heavy atom. The zero-order chi connectivity index (χ0) is 14.8. The lowest BCUT2D eigenvalue weighted by Gasteiger charge is -2.38. The van der Waals surface area contributed by atoms with Crippen LogP contribution in [0.25, 0.3) is 0 Å². The normalized spacial score (nSPS) is 19.9. The van der Waals surface area contributed by atoms with Gasteiger partial charge in [-0.1, -0.05) is 15.9 Å². The summed E-state index contributed by atoms with van der Waals surface area (Å²) >= 11 is 3.30. The van der Waals surface area contributed by atoms with E-state index < -0.39 is 15.8 Å². The van der Waals surface area contributed by atoms with Gasteiger partial charge in [0.05, 0.1) is 4.90 Å². The topological polar surface area (TPSA) is 55.8 Å². The van der Waals surface area contributed by atoms with Crippen LogP contribution in [0.4, 0.5) is 0 Å². The molecule has 1 fully saturated rings. The minimum atomic E-state index is -3.44. The van der Waals surface area contributed by atoms with Crippen LogP contribution in [0, 0.1) is 0 Å². The average Bonchev–Trinajstić information content (AvgIpc) is 2.47. The first-order chi connectivity index (χ1) is 9.43. The number of ether oxygens (including phenoxy) is 2. The van der Waals surface area contributed by atoms with Gasteiger partial charge in [0, 0.05) is 44.6 Å². The van der Waals surface area contributed by atoms with Gasteiger partial charge in [0.1, 0.15) is 0 Å². The van der Waals surface area contributed by atoms with E-state index in [-0.39, 0.29) is 0 Å². The summed E-state index contributed by atoms with van der Waals surface area (Å²) in [5, 5.41) is 0. The Bertz CT molecular complexity index is 544. The Morgan fingerprint density at radius 1 is 1.10 bits per heavy atom. The van der Waals surface area contributed by atoms with Crippen molar-refractivity contribution in [3.05, 3.63) is 28.7 Å². The fourth-order valence-electron chi connectivity index (χ4n) is 2.31. The Balaban J connectivity index is 2.15. The van der Waals surface area contributed by atoms with Crippen molar-refractivity contribution in [1.29, 1.82) is 0 Å². The van der Waals surface area contributed by atoms with Gasteiger partial charge in [0.15, 0.2) is 5.79 Å². The number of hydrogen-bond donors (Lipinski definition) is 0. The summed E-state index contributed by atoms with van der Waals surface area (Å²) in [6.45, 7) is 0.778. The maximum Gasteiger partial charge on any atom is 0.243 e. The highest BCUT2D eigenvalue weighted by Crippen LogP contribution is 2.29. The summed E-state index contributed by atoms with van der Waals surface area (Å²) in [6, 6.07) is 6.67. The lowest BCUT2D eigenvalue weighted by Crippen LogP contribution is -2.48. The molecule has 1 aliphatic rings. The van der Waals surface area contributed by atoms with Crippen LogP contribution in [0.1, 0.15) is 12.8 Å². The van der Waals surface area contributed by atoms with Crippen LogP contribution in [0.15, 0.2) is 33.6 Å². The van der Waals surface area contributed by atoms with Gasteiger partial charge in [0.2, 0.25) is 10.0 Å².